The van der Waals surface area contributed by atoms with Crippen molar-refractivity contribution in [2.45, 2.75) is 114 Å². The van der Waals surface area contributed by atoms with Crippen molar-refractivity contribution in [3.8, 4) is 0 Å². The first-order valence-corrected chi connectivity index (χ1v) is 11.5. The number of carbonyl (C=O) groups is 2. The predicted octanol–water partition coefficient (Wildman–Crippen LogP) is -3.74. The maximum atomic E-state index is 11.7. The SMILES string of the molecule is CC(=O)O[C@@H]1[C@@H](O[C@@H]2O[C@@H](C)[C@H](O[C@@H]3OC[C@@H](O)[C@H](O)[C@H]3O)[C@@H](O)[C@H]2O)[C@H](O)O[C@H](C)[C@@H]1OC(C)=O. The molecule has 0 aromatic carbocycles. The lowest BCUT2D eigenvalue weighted by atomic mass is 9.97. The Morgan fingerprint density at radius 2 is 1.19 bits per heavy atom. The van der Waals surface area contributed by atoms with Gasteiger partial charge in [0, 0.05) is 13.8 Å². The fourth-order valence-corrected chi connectivity index (χ4v) is 4.33. The van der Waals surface area contributed by atoms with Gasteiger partial charge < -0.3 is 63.8 Å². The average Bonchev–Trinajstić information content (AvgIpc) is 2.79. The molecule has 0 radical (unpaired) electrons. The molecule has 15 nitrogen and oxygen atoms in total. The Labute approximate surface area is 206 Å². The molecule has 0 amide bonds. The Hall–Kier alpha value is -1.50. The summed E-state index contributed by atoms with van der Waals surface area (Å²) in [6, 6.07) is 0. The van der Waals surface area contributed by atoms with Gasteiger partial charge in [0.25, 0.3) is 0 Å². The van der Waals surface area contributed by atoms with Crippen molar-refractivity contribution in [1.29, 1.82) is 0 Å². The van der Waals surface area contributed by atoms with E-state index in [2.05, 4.69) is 0 Å². The van der Waals surface area contributed by atoms with E-state index in [1.54, 1.807) is 0 Å². The number of carbonyl (C=O) groups excluding carboxylic acids is 2. The van der Waals surface area contributed by atoms with E-state index in [4.69, 9.17) is 33.2 Å². The second-order valence-corrected chi connectivity index (χ2v) is 9.02. The maximum absolute atomic E-state index is 11.7. The number of rotatable bonds is 6. The fraction of sp³-hybridized carbons (Fsp3) is 0.905. The number of aliphatic hydroxyl groups excluding tert-OH is 6. The van der Waals surface area contributed by atoms with Crippen LogP contribution < -0.4 is 0 Å². The van der Waals surface area contributed by atoms with E-state index in [-0.39, 0.29) is 6.61 Å². The highest BCUT2D eigenvalue weighted by Gasteiger charge is 2.53. The molecule has 14 atom stereocenters. The first-order valence-electron chi connectivity index (χ1n) is 11.5. The minimum atomic E-state index is -1.78. The number of hydrogen-bond acceptors (Lipinski definition) is 15. The number of esters is 2. The Bertz CT molecular complexity index is 766. The third-order valence-corrected chi connectivity index (χ3v) is 6.16. The summed E-state index contributed by atoms with van der Waals surface area (Å²) in [6.45, 7) is 4.84. The fourth-order valence-electron chi connectivity index (χ4n) is 4.33. The monoisotopic (exact) mass is 526 g/mol. The van der Waals surface area contributed by atoms with E-state index < -0.39 is 98.0 Å². The van der Waals surface area contributed by atoms with Crippen molar-refractivity contribution in [3.05, 3.63) is 0 Å². The van der Waals surface area contributed by atoms with Gasteiger partial charge in [0.05, 0.1) is 18.8 Å². The summed E-state index contributed by atoms with van der Waals surface area (Å²) < 4.78 is 37.8. The number of ether oxygens (including phenoxy) is 7. The van der Waals surface area contributed by atoms with E-state index in [9.17, 15) is 40.2 Å². The molecule has 0 aromatic rings. The topological polar surface area (TPSA) is 220 Å². The Morgan fingerprint density at radius 1 is 0.667 bits per heavy atom. The molecule has 3 fully saturated rings. The van der Waals surface area contributed by atoms with E-state index in [1.807, 2.05) is 0 Å². The zero-order valence-electron chi connectivity index (χ0n) is 20.1. The maximum Gasteiger partial charge on any atom is 0.303 e. The summed E-state index contributed by atoms with van der Waals surface area (Å²) in [5.74, 6) is -1.47. The minimum Gasteiger partial charge on any atom is -0.456 e. The van der Waals surface area contributed by atoms with Gasteiger partial charge >= 0.3 is 11.9 Å². The number of hydrogen-bond donors (Lipinski definition) is 6. The smallest absolute Gasteiger partial charge is 0.303 e. The molecule has 0 aromatic heterocycles. The second-order valence-electron chi connectivity index (χ2n) is 9.02. The third-order valence-electron chi connectivity index (χ3n) is 6.16. The third kappa shape index (κ3) is 6.31. The molecule has 15 heteroatoms. The van der Waals surface area contributed by atoms with Crippen LogP contribution in [-0.2, 0) is 42.7 Å². The van der Waals surface area contributed by atoms with E-state index in [1.165, 1.54) is 13.8 Å². The molecule has 0 spiro atoms. The summed E-state index contributed by atoms with van der Waals surface area (Å²) in [4.78, 5) is 23.3. The first-order chi connectivity index (χ1) is 16.8. The highest BCUT2D eigenvalue weighted by atomic mass is 16.8. The van der Waals surface area contributed by atoms with Crippen molar-refractivity contribution in [3.63, 3.8) is 0 Å². The molecule has 3 saturated heterocycles. The van der Waals surface area contributed by atoms with Gasteiger partial charge in [0.15, 0.2) is 37.2 Å². The van der Waals surface area contributed by atoms with Crippen LogP contribution in [0, 0.1) is 0 Å². The molecule has 0 unspecified atom stereocenters. The normalized spacial score (nSPS) is 47.7. The van der Waals surface area contributed by atoms with Gasteiger partial charge in [-0.05, 0) is 13.8 Å². The van der Waals surface area contributed by atoms with Crippen molar-refractivity contribution in [2.24, 2.45) is 0 Å². The van der Waals surface area contributed by atoms with Crippen molar-refractivity contribution in [1.82, 2.24) is 0 Å². The summed E-state index contributed by atoms with van der Waals surface area (Å²) in [6.07, 6.45) is -19.8. The van der Waals surface area contributed by atoms with Gasteiger partial charge in [-0.15, -0.1) is 0 Å². The largest absolute Gasteiger partial charge is 0.456 e. The number of aliphatic hydroxyl groups is 6. The first kappa shape index (κ1) is 29.1. The summed E-state index contributed by atoms with van der Waals surface area (Å²) in [5, 5.41) is 61.4. The summed E-state index contributed by atoms with van der Waals surface area (Å²) in [7, 11) is 0. The molecule has 3 heterocycles. The Morgan fingerprint density at radius 3 is 1.81 bits per heavy atom. The lowest BCUT2D eigenvalue weighted by molar-refractivity contribution is -0.372. The molecule has 3 rings (SSSR count). The van der Waals surface area contributed by atoms with Crippen LogP contribution in [0.1, 0.15) is 27.7 Å². The van der Waals surface area contributed by atoms with Gasteiger partial charge in [0.2, 0.25) is 0 Å². The van der Waals surface area contributed by atoms with Gasteiger partial charge in [0.1, 0.15) is 36.6 Å². The predicted molar refractivity (Wildman–Crippen MR) is 112 cm³/mol. The van der Waals surface area contributed by atoms with Crippen LogP contribution in [0.15, 0.2) is 0 Å². The molecule has 36 heavy (non-hydrogen) atoms. The Kier molecular flexibility index (Phi) is 9.62. The highest BCUT2D eigenvalue weighted by molar-refractivity contribution is 5.67. The van der Waals surface area contributed by atoms with Crippen LogP contribution in [0.4, 0.5) is 0 Å². The Balaban J connectivity index is 1.73. The minimum absolute atomic E-state index is 0.339. The lowest BCUT2D eigenvalue weighted by Gasteiger charge is -2.47. The summed E-state index contributed by atoms with van der Waals surface area (Å²) >= 11 is 0. The molecule has 0 aliphatic carbocycles. The van der Waals surface area contributed by atoms with Gasteiger partial charge in [-0.3, -0.25) is 9.59 Å². The van der Waals surface area contributed by atoms with Crippen molar-refractivity contribution in [2.75, 3.05) is 6.61 Å². The van der Waals surface area contributed by atoms with E-state index in [0.29, 0.717) is 0 Å². The highest BCUT2D eigenvalue weighted by Crippen LogP contribution is 2.32. The lowest BCUT2D eigenvalue weighted by Crippen LogP contribution is -2.65. The zero-order valence-corrected chi connectivity index (χ0v) is 20.1. The average molecular weight is 526 g/mol. The van der Waals surface area contributed by atoms with Gasteiger partial charge in [-0.2, -0.15) is 0 Å². The molecule has 3 aliphatic rings. The molecule has 0 bridgehead atoms. The van der Waals surface area contributed by atoms with Crippen LogP contribution in [-0.4, -0.2) is 135 Å². The quantitative estimate of drug-likeness (QED) is 0.183. The molecule has 6 N–H and O–H groups in total. The summed E-state index contributed by atoms with van der Waals surface area (Å²) in [5.41, 5.74) is 0. The van der Waals surface area contributed by atoms with Gasteiger partial charge in [-0.25, -0.2) is 0 Å². The van der Waals surface area contributed by atoms with Crippen LogP contribution in [0.2, 0.25) is 0 Å². The molecular formula is C21H34O15. The van der Waals surface area contributed by atoms with Crippen LogP contribution in [0.3, 0.4) is 0 Å². The van der Waals surface area contributed by atoms with Crippen LogP contribution >= 0.6 is 0 Å². The van der Waals surface area contributed by atoms with E-state index in [0.717, 1.165) is 13.8 Å². The van der Waals surface area contributed by atoms with E-state index >= 15 is 0 Å². The zero-order chi connectivity index (χ0) is 26.9. The van der Waals surface area contributed by atoms with Crippen molar-refractivity contribution >= 4 is 11.9 Å². The van der Waals surface area contributed by atoms with Crippen LogP contribution in [0.25, 0.3) is 0 Å². The molecule has 208 valence electrons. The van der Waals surface area contributed by atoms with Crippen molar-refractivity contribution < 1.29 is 73.4 Å². The second kappa shape index (κ2) is 11.9. The molecular weight excluding hydrogens is 492 g/mol. The van der Waals surface area contributed by atoms with Gasteiger partial charge in [-0.1, -0.05) is 0 Å². The molecule has 0 saturated carbocycles. The molecule has 3 aliphatic heterocycles. The van der Waals surface area contributed by atoms with Crippen LogP contribution in [0.5, 0.6) is 0 Å². The standard InChI is InChI=1S/C21H34O15/c1-6-15(35-20-13(27)11(25)10(24)5-30-20)12(26)14(28)21(32-6)36-18-17(34-9(4)23)16(33-8(3)22)7(2)31-19(18)29/h6-7,10-21,24-29H,5H2,1-4H3/t6-,7+,10+,11-,12-,13+,14+,15-,16-,17-,18+,19+,20-,21-/m0/s1.